The molecule has 0 atom stereocenters. The lowest BCUT2D eigenvalue weighted by atomic mass is 10.1. The molecule has 0 aliphatic heterocycles. The van der Waals surface area contributed by atoms with Crippen molar-refractivity contribution in [2.45, 2.75) is 12.7 Å². The Bertz CT molecular complexity index is 1350. The van der Waals surface area contributed by atoms with Gasteiger partial charge in [0.2, 0.25) is 0 Å². The zero-order valence-electron chi connectivity index (χ0n) is 18.3. The van der Waals surface area contributed by atoms with Crippen LogP contribution < -0.4 is 10.1 Å². The number of carboxylic acid groups (broad SMARTS) is 1. The van der Waals surface area contributed by atoms with E-state index in [0.29, 0.717) is 22.5 Å². The molecule has 10 heteroatoms. The molecule has 2 N–H and O–H groups in total. The summed E-state index contributed by atoms with van der Waals surface area (Å²) in [6.45, 7) is 0.115. The number of nitrogens with zero attached hydrogens (tertiary/aromatic N) is 2. The molecule has 0 aliphatic rings. The first-order chi connectivity index (χ1) is 16.7. The summed E-state index contributed by atoms with van der Waals surface area (Å²) in [6, 6.07) is 15.4. The summed E-state index contributed by atoms with van der Waals surface area (Å²) in [6.07, 6.45) is -2.91. The maximum atomic E-state index is 13.5. The van der Waals surface area contributed by atoms with Crippen LogP contribution in [0.25, 0.3) is 16.9 Å². The van der Waals surface area contributed by atoms with Crippen LogP contribution in [-0.4, -0.2) is 28.0 Å². The number of methoxy groups -OCH3 is 1. The van der Waals surface area contributed by atoms with Crippen molar-refractivity contribution in [2.24, 2.45) is 0 Å². The Morgan fingerprint density at radius 3 is 2.34 bits per heavy atom. The van der Waals surface area contributed by atoms with Gasteiger partial charge in [0.15, 0.2) is 0 Å². The summed E-state index contributed by atoms with van der Waals surface area (Å²) in [5, 5.41) is 16.6. The van der Waals surface area contributed by atoms with Gasteiger partial charge in [0, 0.05) is 29.6 Å². The standard InChI is InChI=1S/C25H19F4N3O3/c1-35-22-11-8-19(12-21(22)25(27,28)29)30-13-17-14-32(20-9-4-16(5-10-20)24(33)34)31-23(17)15-2-6-18(26)7-3-15/h2-12,14,30H,13H2,1H3,(H,33,34). The average Bonchev–Trinajstić information content (AvgIpc) is 3.26. The predicted octanol–water partition coefficient (Wildman–Crippen LogP) is 6.02. The Kier molecular flexibility index (Phi) is 6.46. The summed E-state index contributed by atoms with van der Waals surface area (Å²) in [5.41, 5.74) is 1.73. The quantitative estimate of drug-likeness (QED) is 0.313. The highest BCUT2D eigenvalue weighted by Gasteiger charge is 2.34. The molecule has 0 spiro atoms. The SMILES string of the molecule is COc1ccc(NCc2cn(-c3ccc(C(=O)O)cc3)nc2-c2ccc(F)cc2)cc1C(F)(F)F. The van der Waals surface area contributed by atoms with Crippen molar-refractivity contribution in [3.63, 3.8) is 0 Å². The molecule has 4 rings (SSSR count). The van der Waals surface area contributed by atoms with Gasteiger partial charge in [-0.05, 0) is 66.7 Å². The van der Waals surface area contributed by atoms with E-state index in [1.165, 1.54) is 48.2 Å². The van der Waals surface area contributed by atoms with E-state index in [1.54, 1.807) is 30.5 Å². The number of rotatable bonds is 7. The third-order valence-corrected chi connectivity index (χ3v) is 5.27. The number of ether oxygens (including phenoxy) is 1. The fraction of sp³-hybridized carbons (Fsp3) is 0.120. The number of hydrogen-bond acceptors (Lipinski definition) is 4. The fourth-order valence-electron chi connectivity index (χ4n) is 3.52. The van der Waals surface area contributed by atoms with Gasteiger partial charge >= 0.3 is 12.1 Å². The second-order valence-corrected chi connectivity index (χ2v) is 7.57. The van der Waals surface area contributed by atoms with Crippen molar-refractivity contribution in [1.82, 2.24) is 9.78 Å². The number of benzene rings is 3. The van der Waals surface area contributed by atoms with E-state index in [1.807, 2.05) is 0 Å². The molecule has 0 radical (unpaired) electrons. The molecular weight excluding hydrogens is 466 g/mol. The molecule has 0 saturated carbocycles. The Hall–Kier alpha value is -4.34. The number of carboxylic acids is 1. The summed E-state index contributed by atoms with van der Waals surface area (Å²) in [4.78, 5) is 11.1. The lowest BCUT2D eigenvalue weighted by Gasteiger charge is -2.14. The van der Waals surface area contributed by atoms with Gasteiger partial charge in [-0.2, -0.15) is 18.3 Å². The zero-order valence-corrected chi connectivity index (χ0v) is 18.3. The lowest BCUT2D eigenvalue weighted by molar-refractivity contribution is -0.138. The monoisotopic (exact) mass is 485 g/mol. The fourth-order valence-corrected chi connectivity index (χ4v) is 3.52. The van der Waals surface area contributed by atoms with E-state index in [0.717, 1.165) is 6.07 Å². The van der Waals surface area contributed by atoms with Crippen LogP contribution in [0.5, 0.6) is 5.75 Å². The molecule has 1 aromatic heterocycles. The number of hydrogen-bond donors (Lipinski definition) is 2. The molecule has 0 unspecified atom stereocenters. The molecule has 1 heterocycles. The van der Waals surface area contributed by atoms with Crippen molar-refractivity contribution in [3.8, 4) is 22.7 Å². The second kappa shape index (κ2) is 9.49. The largest absolute Gasteiger partial charge is 0.496 e. The highest BCUT2D eigenvalue weighted by Crippen LogP contribution is 2.38. The van der Waals surface area contributed by atoms with Crippen molar-refractivity contribution >= 4 is 11.7 Å². The number of anilines is 1. The van der Waals surface area contributed by atoms with E-state index in [9.17, 15) is 22.4 Å². The first-order valence-corrected chi connectivity index (χ1v) is 10.3. The third kappa shape index (κ3) is 5.26. The molecule has 0 bridgehead atoms. The van der Waals surface area contributed by atoms with Gasteiger partial charge in [-0.1, -0.05) is 0 Å². The second-order valence-electron chi connectivity index (χ2n) is 7.57. The van der Waals surface area contributed by atoms with E-state index in [4.69, 9.17) is 9.84 Å². The topological polar surface area (TPSA) is 76.4 Å². The highest BCUT2D eigenvalue weighted by molar-refractivity contribution is 5.87. The van der Waals surface area contributed by atoms with Crippen LogP contribution in [0.3, 0.4) is 0 Å². The molecule has 0 saturated heterocycles. The predicted molar refractivity (Wildman–Crippen MR) is 121 cm³/mol. The summed E-state index contributed by atoms with van der Waals surface area (Å²) < 4.78 is 59.9. The molecule has 0 fully saturated rings. The Morgan fingerprint density at radius 2 is 1.74 bits per heavy atom. The minimum absolute atomic E-state index is 0.113. The van der Waals surface area contributed by atoms with Gasteiger partial charge in [0.25, 0.3) is 0 Å². The highest BCUT2D eigenvalue weighted by atomic mass is 19.4. The Balaban J connectivity index is 1.68. The summed E-state index contributed by atoms with van der Waals surface area (Å²) in [7, 11) is 1.17. The van der Waals surface area contributed by atoms with Crippen LogP contribution in [0.4, 0.5) is 23.2 Å². The summed E-state index contributed by atoms with van der Waals surface area (Å²) >= 11 is 0. The van der Waals surface area contributed by atoms with Crippen molar-refractivity contribution in [1.29, 1.82) is 0 Å². The molecule has 35 heavy (non-hydrogen) atoms. The van der Waals surface area contributed by atoms with Gasteiger partial charge in [0.1, 0.15) is 11.6 Å². The van der Waals surface area contributed by atoms with Crippen LogP contribution in [0, 0.1) is 5.82 Å². The van der Waals surface area contributed by atoms with Crippen LogP contribution in [0.15, 0.2) is 72.9 Å². The Morgan fingerprint density at radius 1 is 1.06 bits per heavy atom. The molecule has 6 nitrogen and oxygen atoms in total. The molecule has 0 amide bonds. The molecular formula is C25H19F4N3O3. The van der Waals surface area contributed by atoms with Crippen molar-refractivity contribution in [3.05, 3.63) is 95.4 Å². The molecule has 180 valence electrons. The van der Waals surface area contributed by atoms with E-state index in [2.05, 4.69) is 10.4 Å². The number of carbonyl (C=O) groups is 1. The van der Waals surface area contributed by atoms with Crippen LogP contribution in [0.2, 0.25) is 0 Å². The molecule has 4 aromatic rings. The normalized spacial score (nSPS) is 11.3. The molecule has 3 aromatic carbocycles. The maximum Gasteiger partial charge on any atom is 0.420 e. The first-order valence-electron chi connectivity index (χ1n) is 10.3. The number of halogens is 4. The lowest BCUT2D eigenvalue weighted by Crippen LogP contribution is -2.09. The van der Waals surface area contributed by atoms with Gasteiger partial charge in [-0.3, -0.25) is 0 Å². The zero-order chi connectivity index (χ0) is 25.2. The number of aromatic nitrogens is 2. The molecule has 0 aliphatic carbocycles. The number of nitrogens with one attached hydrogen (secondary N) is 1. The van der Waals surface area contributed by atoms with Gasteiger partial charge in [-0.25, -0.2) is 13.9 Å². The van der Waals surface area contributed by atoms with Crippen molar-refractivity contribution in [2.75, 3.05) is 12.4 Å². The van der Waals surface area contributed by atoms with Gasteiger partial charge < -0.3 is 15.2 Å². The number of alkyl halides is 3. The van der Waals surface area contributed by atoms with Crippen molar-refractivity contribution < 1.29 is 32.2 Å². The first kappa shape index (κ1) is 23.8. The smallest absolute Gasteiger partial charge is 0.420 e. The Labute approximate surface area is 197 Å². The van der Waals surface area contributed by atoms with Crippen LogP contribution >= 0.6 is 0 Å². The maximum absolute atomic E-state index is 13.5. The van der Waals surface area contributed by atoms with Gasteiger partial charge in [-0.15, -0.1) is 0 Å². The minimum atomic E-state index is -4.59. The number of aromatic carboxylic acids is 1. The van der Waals surface area contributed by atoms with Gasteiger partial charge in [0.05, 0.1) is 29.6 Å². The summed E-state index contributed by atoms with van der Waals surface area (Å²) in [5.74, 6) is -1.77. The van der Waals surface area contributed by atoms with Crippen LogP contribution in [0.1, 0.15) is 21.5 Å². The third-order valence-electron chi connectivity index (χ3n) is 5.27. The average molecular weight is 485 g/mol. The minimum Gasteiger partial charge on any atom is -0.496 e. The van der Waals surface area contributed by atoms with Crippen LogP contribution in [-0.2, 0) is 12.7 Å². The van der Waals surface area contributed by atoms with E-state index >= 15 is 0 Å². The van der Waals surface area contributed by atoms with E-state index < -0.39 is 23.5 Å². The van der Waals surface area contributed by atoms with E-state index in [-0.39, 0.29) is 23.5 Å².